The Kier molecular flexibility index (Phi) is 4.54. The maximum absolute atomic E-state index is 13.6. The molecular weight excluding hydrogens is 368 g/mol. The number of rotatable bonds is 4. The second-order valence-electron chi connectivity index (χ2n) is 8.16. The van der Waals surface area contributed by atoms with Crippen molar-refractivity contribution in [2.45, 2.75) is 32.4 Å². The molecule has 4 unspecified atom stereocenters. The summed E-state index contributed by atoms with van der Waals surface area (Å²) in [4.78, 5) is 40.8. The number of aryl methyl sites for hydroxylation is 1. The molecule has 2 aliphatic rings. The molecule has 4 rings (SSSR count). The molecule has 29 heavy (non-hydrogen) atoms. The first kappa shape index (κ1) is 19.3. The molecule has 0 radical (unpaired) electrons. The number of hydrogen-bond acceptors (Lipinski definition) is 4. The average molecular weight is 392 g/mol. The van der Waals surface area contributed by atoms with Crippen LogP contribution >= 0.6 is 0 Å². The highest BCUT2D eigenvalue weighted by molar-refractivity contribution is 6.24. The molecule has 2 aromatic rings. The third-order valence-corrected chi connectivity index (χ3v) is 6.37. The van der Waals surface area contributed by atoms with Crippen LogP contribution in [0.4, 0.5) is 5.69 Å². The Morgan fingerprint density at radius 2 is 1.66 bits per heavy atom. The van der Waals surface area contributed by atoms with E-state index in [9.17, 15) is 19.5 Å². The number of carbonyl (C=O) groups is 3. The minimum atomic E-state index is -1.52. The molecule has 2 amide bonds. The van der Waals surface area contributed by atoms with Gasteiger partial charge in [-0.3, -0.25) is 19.7 Å². The zero-order chi connectivity index (χ0) is 20.9. The number of para-hydroxylation sites is 1. The topological polar surface area (TPSA) is 86.7 Å². The fraction of sp³-hybridized carbons (Fsp3) is 0.348. The highest BCUT2D eigenvalue weighted by atomic mass is 16.4. The summed E-state index contributed by atoms with van der Waals surface area (Å²) in [6, 6.07) is 15.9. The number of anilines is 1. The minimum absolute atomic E-state index is 0.348. The highest BCUT2D eigenvalue weighted by Crippen LogP contribution is 2.52. The van der Waals surface area contributed by atoms with E-state index in [1.807, 2.05) is 49.4 Å². The molecule has 0 saturated carbocycles. The van der Waals surface area contributed by atoms with Gasteiger partial charge in [-0.15, -0.1) is 0 Å². The molecule has 0 bridgehead atoms. The quantitative estimate of drug-likeness (QED) is 0.782. The van der Waals surface area contributed by atoms with Crippen LogP contribution in [0.2, 0.25) is 0 Å². The Hall–Kier alpha value is -2.99. The number of nitrogens with one attached hydrogen (secondary N) is 1. The number of carbonyl (C=O) groups excluding carboxylic acids is 2. The van der Waals surface area contributed by atoms with Gasteiger partial charge in [0.15, 0.2) is 0 Å². The zero-order valence-electron chi connectivity index (χ0n) is 16.6. The van der Waals surface area contributed by atoms with Crippen molar-refractivity contribution in [3.8, 4) is 0 Å². The van der Waals surface area contributed by atoms with E-state index in [1.165, 1.54) is 4.90 Å². The number of carboxylic acids is 1. The average Bonchev–Trinajstić information content (AvgIpc) is 3.19. The number of benzene rings is 2. The standard InChI is InChI=1S/C23H24N2O4/c1-13(2)23(22(28)29)18-17(19(24-23)15-10-5-4-6-11-15)20(26)25(21(18)27)16-12-8-7-9-14(16)3/h4-13,17-19,24H,1-3H3,(H,28,29). The molecule has 150 valence electrons. The molecule has 0 spiro atoms. The summed E-state index contributed by atoms with van der Waals surface area (Å²) < 4.78 is 0. The number of nitrogens with zero attached hydrogens (tertiary/aromatic N) is 1. The zero-order valence-corrected chi connectivity index (χ0v) is 16.6. The van der Waals surface area contributed by atoms with Crippen LogP contribution in [0.5, 0.6) is 0 Å². The number of fused-ring (bicyclic) bond motifs is 1. The lowest BCUT2D eigenvalue weighted by atomic mass is 9.73. The Bertz CT molecular complexity index is 987. The summed E-state index contributed by atoms with van der Waals surface area (Å²) >= 11 is 0. The van der Waals surface area contributed by atoms with Gasteiger partial charge >= 0.3 is 5.97 Å². The van der Waals surface area contributed by atoms with Crippen molar-refractivity contribution in [3.63, 3.8) is 0 Å². The van der Waals surface area contributed by atoms with Gasteiger partial charge in [-0.25, -0.2) is 4.90 Å². The summed E-state index contributed by atoms with van der Waals surface area (Å²) in [5.74, 6) is -4.04. The lowest BCUT2D eigenvalue weighted by Crippen LogP contribution is -2.59. The molecular formula is C23H24N2O4. The third kappa shape index (κ3) is 2.63. The predicted molar refractivity (Wildman–Crippen MR) is 108 cm³/mol. The number of carboxylic acid groups (broad SMARTS) is 1. The largest absolute Gasteiger partial charge is 0.480 e. The van der Waals surface area contributed by atoms with Crippen LogP contribution < -0.4 is 10.2 Å². The van der Waals surface area contributed by atoms with Gasteiger partial charge in [-0.05, 0) is 30.0 Å². The Labute approximate surface area is 169 Å². The van der Waals surface area contributed by atoms with Gasteiger partial charge in [0.1, 0.15) is 5.54 Å². The second-order valence-corrected chi connectivity index (χ2v) is 8.16. The molecule has 2 saturated heterocycles. The van der Waals surface area contributed by atoms with E-state index < -0.39 is 41.2 Å². The molecule has 2 aromatic carbocycles. The van der Waals surface area contributed by atoms with E-state index in [4.69, 9.17) is 0 Å². The number of imide groups is 1. The Morgan fingerprint density at radius 3 is 2.24 bits per heavy atom. The molecule has 0 aromatic heterocycles. The van der Waals surface area contributed by atoms with Gasteiger partial charge in [-0.1, -0.05) is 62.4 Å². The van der Waals surface area contributed by atoms with E-state index >= 15 is 0 Å². The molecule has 2 fully saturated rings. The molecule has 0 aliphatic carbocycles. The van der Waals surface area contributed by atoms with Crippen molar-refractivity contribution >= 4 is 23.5 Å². The molecule has 6 heteroatoms. The molecule has 2 heterocycles. The van der Waals surface area contributed by atoms with E-state index in [2.05, 4.69) is 5.32 Å². The SMILES string of the molecule is Cc1ccccc1N1C(=O)C2C(c3ccccc3)NC(C(=O)O)(C(C)C)C2C1=O. The molecule has 2 N–H and O–H groups in total. The Morgan fingerprint density at radius 1 is 1.03 bits per heavy atom. The fourth-order valence-electron chi connectivity index (χ4n) is 4.91. The Balaban J connectivity index is 1.90. The van der Waals surface area contributed by atoms with Gasteiger partial charge in [0.2, 0.25) is 11.8 Å². The van der Waals surface area contributed by atoms with Crippen LogP contribution in [0.1, 0.15) is 31.0 Å². The van der Waals surface area contributed by atoms with Crippen molar-refractivity contribution in [1.29, 1.82) is 0 Å². The number of hydrogen-bond donors (Lipinski definition) is 2. The molecule has 6 nitrogen and oxygen atoms in total. The van der Waals surface area contributed by atoms with Crippen LogP contribution in [0.3, 0.4) is 0 Å². The van der Waals surface area contributed by atoms with Crippen molar-refractivity contribution in [2.75, 3.05) is 4.90 Å². The minimum Gasteiger partial charge on any atom is -0.480 e. The van der Waals surface area contributed by atoms with Crippen molar-refractivity contribution in [1.82, 2.24) is 5.32 Å². The van der Waals surface area contributed by atoms with E-state index in [-0.39, 0.29) is 5.91 Å². The van der Waals surface area contributed by atoms with E-state index in [0.29, 0.717) is 5.69 Å². The summed E-state index contributed by atoms with van der Waals surface area (Å²) in [6.45, 7) is 5.39. The summed E-state index contributed by atoms with van der Waals surface area (Å²) in [6.07, 6.45) is 0. The lowest BCUT2D eigenvalue weighted by molar-refractivity contribution is -0.151. The highest BCUT2D eigenvalue weighted by Gasteiger charge is 2.69. The number of aliphatic carboxylic acids is 1. The van der Waals surface area contributed by atoms with Gasteiger partial charge in [0.05, 0.1) is 17.5 Å². The van der Waals surface area contributed by atoms with Crippen molar-refractivity contribution in [3.05, 3.63) is 65.7 Å². The summed E-state index contributed by atoms with van der Waals surface area (Å²) in [5, 5.41) is 13.4. The monoisotopic (exact) mass is 392 g/mol. The first-order valence-electron chi connectivity index (χ1n) is 9.80. The first-order chi connectivity index (χ1) is 13.8. The first-order valence-corrected chi connectivity index (χ1v) is 9.80. The van der Waals surface area contributed by atoms with E-state index in [0.717, 1.165) is 11.1 Å². The summed E-state index contributed by atoms with van der Waals surface area (Å²) in [7, 11) is 0. The summed E-state index contributed by atoms with van der Waals surface area (Å²) in [5.41, 5.74) is 0.602. The van der Waals surface area contributed by atoms with Crippen molar-refractivity contribution in [2.24, 2.45) is 17.8 Å². The third-order valence-electron chi connectivity index (χ3n) is 6.37. The smallest absolute Gasteiger partial charge is 0.325 e. The fourth-order valence-corrected chi connectivity index (χ4v) is 4.91. The van der Waals surface area contributed by atoms with Gasteiger partial charge in [0, 0.05) is 6.04 Å². The van der Waals surface area contributed by atoms with Crippen LogP contribution in [0.25, 0.3) is 0 Å². The second kappa shape index (κ2) is 6.81. The van der Waals surface area contributed by atoms with Gasteiger partial charge in [-0.2, -0.15) is 0 Å². The maximum atomic E-state index is 13.6. The number of amides is 2. The molecule has 4 atom stereocenters. The normalized spacial score (nSPS) is 28.8. The lowest BCUT2D eigenvalue weighted by Gasteiger charge is -2.34. The van der Waals surface area contributed by atoms with Crippen LogP contribution in [0.15, 0.2) is 54.6 Å². The van der Waals surface area contributed by atoms with Crippen LogP contribution in [-0.4, -0.2) is 28.4 Å². The van der Waals surface area contributed by atoms with Gasteiger partial charge < -0.3 is 5.11 Å². The van der Waals surface area contributed by atoms with Crippen LogP contribution in [0, 0.1) is 24.7 Å². The van der Waals surface area contributed by atoms with Crippen molar-refractivity contribution < 1.29 is 19.5 Å². The maximum Gasteiger partial charge on any atom is 0.325 e. The predicted octanol–water partition coefficient (Wildman–Crippen LogP) is 2.92. The van der Waals surface area contributed by atoms with E-state index in [1.54, 1.807) is 26.0 Å². The van der Waals surface area contributed by atoms with Gasteiger partial charge in [0.25, 0.3) is 0 Å². The van der Waals surface area contributed by atoms with Crippen LogP contribution in [-0.2, 0) is 14.4 Å². The molecule has 2 aliphatic heterocycles.